The maximum atomic E-state index is 12.1. The number of nitrogens with one attached hydrogen (secondary N) is 1. The summed E-state index contributed by atoms with van der Waals surface area (Å²) in [5, 5.41) is 4.76. The van der Waals surface area contributed by atoms with Crippen LogP contribution in [0.1, 0.15) is 38.1 Å². The number of thiophene rings is 1. The fourth-order valence-electron chi connectivity index (χ4n) is 2.66. The number of carbonyl (C=O) groups excluding carboxylic acids is 2. The summed E-state index contributed by atoms with van der Waals surface area (Å²) >= 11 is 1.37. The van der Waals surface area contributed by atoms with E-state index in [-0.39, 0.29) is 30.9 Å². The summed E-state index contributed by atoms with van der Waals surface area (Å²) < 4.78 is 10.6. The van der Waals surface area contributed by atoms with Crippen molar-refractivity contribution < 1.29 is 19.1 Å². The van der Waals surface area contributed by atoms with Gasteiger partial charge in [0.25, 0.3) is 5.91 Å². The van der Waals surface area contributed by atoms with E-state index in [2.05, 4.69) is 5.32 Å². The second-order valence-electron chi connectivity index (χ2n) is 4.92. The molecule has 21 heavy (non-hydrogen) atoms. The summed E-state index contributed by atoms with van der Waals surface area (Å²) in [6.07, 6.45) is 0.273. The van der Waals surface area contributed by atoms with Crippen molar-refractivity contribution in [2.75, 3.05) is 6.79 Å². The number of carbonyl (C=O) groups is 2. The lowest BCUT2D eigenvalue weighted by atomic mass is 10.1. The molecular weight excluding hydrogens is 290 g/mol. The molecule has 1 N–H and O–H groups in total. The number of ketones is 1. The Hall–Kier alpha value is -2.34. The Morgan fingerprint density at radius 1 is 1.29 bits per heavy atom. The van der Waals surface area contributed by atoms with Crippen LogP contribution in [0.3, 0.4) is 0 Å². The fourth-order valence-corrected chi connectivity index (χ4v) is 3.29. The highest BCUT2D eigenvalue weighted by atomic mass is 32.1. The first-order chi connectivity index (χ1) is 10.2. The van der Waals surface area contributed by atoms with E-state index < -0.39 is 0 Å². The van der Waals surface area contributed by atoms with Crippen molar-refractivity contribution in [3.8, 4) is 11.5 Å². The van der Waals surface area contributed by atoms with Crippen LogP contribution in [0, 0.1) is 0 Å². The lowest BCUT2D eigenvalue weighted by molar-refractivity contribution is 0.0928. The van der Waals surface area contributed by atoms with Gasteiger partial charge in [0.15, 0.2) is 17.3 Å². The molecule has 106 valence electrons. The second kappa shape index (κ2) is 4.60. The maximum Gasteiger partial charge on any atom is 0.261 e. The Morgan fingerprint density at radius 3 is 2.86 bits per heavy atom. The van der Waals surface area contributed by atoms with Gasteiger partial charge in [-0.1, -0.05) is 6.07 Å². The van der Waals surface area contributed by atoms with E-state index in [1.807, 2.05) is 11.4 Å². The molecule has 1 aromatic carbocycles. The van der Waals surface area contributed by atoms with E-state index in [0.29, 0.717) is 21.9 Å². The first-order valence-corrected chi connectivity index (χ1v) is 7.41. The molecule has 2 heterocycles. The zero-order chi connectivity index (χ0) is 14.4. The highest BCUT2D eigenvalue weighted by molar-refractivity contribution is 7.12. The van der Waals surface area contributed by atoms with Crippen LogP contribution in [0.2, 0.25) is 0 Å². The highest BCUT2D eigenvalue weighted by Crippen LogP contribution is 2.41. The lowest BCUT2D eigenvalue weighted by Crippen LogP contribution is -2.26. The Kier molecular flexibility index (Phi) is 2.71. The van der Waals surface area contributed by atoms with Crippen LogP contribution in [0.5, 0.6) is 11.5 Å². The molecule has 0 radical (unpaired) electrons. The van der Waals surface area contributed by atoms with Gasteiger partial charge in [-0.15, -0.1) is 11.3 Å². The average molecular weight is 301 g/mol. The van der Waals surface area contributed by atoms with Crippen LogP contribution in [0.4, 0.5) is 0 Å². The summed E-state index contributed by atoms with van der Waals surface area (Å²) in [5.74, 6) is 1.07. The molecule has 2 aromatic rings. The number of Topliss-reactive ketones (excluding diaryl/α,β-unsaturated/α-hetero) is 1. The van der Waals surface area contributed by atoms with Gasteiger partial charge in [0.1, 0.15) is 0 Å². The van der Waals surface area contributed by atoms with Crippen molar-refractivity contribution in [2.24, 2.45) is 0 Å². The zero-order valence-electron chi connectivity index (χ0n) is 10.9. The first-order valence-electron chi connectivity index (χ1n) is 6.53. The van der Waals surface area contributed by atoms with Crippen molar-refractivity contribution in [3.63, 3.8) is 0 Å². The molecule has 4 rings (SSSR count). The largest absolute Gasteiger partial charge is 0.454 e. The van der Waals surface area contributed by atoms with Gasteiger partial charge in [0, 0.05) is 12.0 Å². The smallest absolute Gasteiger partial charge is 0.261 e. The van der Waals surface area contributed by atoms with Gasteiger partial charge in [0.05, 0.1) is 10.9 Å². The quantitative estimate of drug-likeness (QED) is 0.925. The van der Waals surface area contributed by atoms with E-state index in [1.54, 1.807) is 18.2 Å². The fraction of sp³-hybridized carbons (Fsp3) is 0.200. The van der Waals surface area contributed by atoms with Crippen LogP contribution in [-0.2, 0) is 0 Å². The molecule has 2 aliphatic rings. The molecule has 1 aromatic heterocycles. The third-order valence-corrected chi connectivity index (χ3v) is 4.53. The van der Waals surface area contributed by atoms with Gasteiger partial charge in [-0.3, -0.25) is 9.59 Å². The van der Waals surface area contributed by atoms with E-state index in [0.717, 1.165) is 5.56 Å². The minimum Gasteiger partial charge on any atom is -0.454 e. The molecule has 0 bridgehead atoms. The molecule has 0 spiro atoms. The van der Waals surface area contributed by atoms with E-state index in [1.165, 1.54) is 11.3 Å². The number of rotatable bonds is 2. The molecule has 1 atom stereocenters. The molecular formula is C15H11NO4S. The number of fused-ring (bicyclic) bond motifs is 2. The molecule has 0 fully saturated rings. The molecule has 0 saturated carbocycles. The summed E-state index contributed by atoms with van der Waals surface area (Å²) in [6, 6.07) is 6.78. The molecule has 1 aliphatic heterocycles. The number of hydrogen-bond donors (Lipinski definition) is 1. The van der Waals surface area contributed by atoms with Gasteiger partial charge in [-0.2, -0.15) is 0 Å². The third kappa shape index (κ3) is 1.99. The Labute approximate surface area is 124 Å². The van der Waals surface area contributed by atoms with Crippen molar-refractivity contribution >= 4 is 23.0 Å². The molecule has 5 nitrogen and oxygen atoms in total. The average Bonchev–Trinajstić information content (AvgIpc) is 3.19. The van der Waals surface area contributed by atoms with Crippen LogP contribution in [0.15, 0.2) is 29.6 Å². The predicted molar refractivity (Wildman–Crippen MR) is 76.0 cm³/mol. The van der Waals surface area contributed by atoms with Crippen LogP contribution < -0.4 is 14.8 Å². The minimum absolute atomic E-state index is 0.0137. The van der Waals surface area contributed by atoms with E-state index in [9.17, 15) is 9.59 Å². The number of benzene rings is 1. The molecule has 0 saturated heterocycles. The summed E-state index contributed by atoms with van der Waals surface area (Å²) in [4.78, 5) is 24.9. The van der Waals surface area contributed by atoms with E-state index in [4.69, 9.17) is 9.47 Å². The van der Waals surface area contributed by atoms with Crippen LogP contribution in [0.25, 0.3) is 0 Å². The van der Waals surface area contributed by atoms with Crippen molar-refractivity contribution in [2.45, 2.75) is 12.5 Å². The summed E-state index contributed by atoms with van der Waals surface area (Å²) in [6.45, 7) is 0.165. The van der Waals surface area contributed by atoms with Gasteiger partial charge in [0.2, 0.25) is 6.79 Å². The Balaban J connectivity index is 1.65. The van der Waals surface area contributed by atoms with E-state index >= 15 is 0 Å². The van der Waals surface area contributed by atoms with Crippen molar-refractivity contribution in [3.05, 3.63) is 45.6 Å². The maximum absolute atomic E-state index is 12.1. The van der Waals surface area contributed by atoms with Crippen LogP contribution in [-0.4, -0.2) is 18.5 Å². The number of hydrogen-bond acceptors (Lipinski definition) is 5. The second-order valence-corrected chi connectivity index (χ2v) is 5.87. The lowest BCUT2D eigenvalue weighted by Gasteiger charge is -2.13. The predicted octanol–water partition coefficient (Wildman–Crippen LogP) is 2.53. The van der Waals surface area contributed by atoms with Crippen LogP contribution >= 0.6 is 11.3 Å². The molecule has 0 unspecified atom stereocenters. The SMILES string of the molecule is O=C(N[C@H]1CC(=O)c2cc3c(cc21)OCO3)c1cccs1. The van der Waals surface area contributed by atoms with Gasteiger partial charge in [-0.05, 0) is 29.1 Å². The molecule has 1 amide bonds. The first kappa shape index (κ1) is 12.4. The molecule has 6 heteroatoms. The number of ether oxygens (including phenoxy) is 2. The summed E-state index contributed by atoms with van der Waals surface area (Å²) in [5.41, 5.74) is 1.41. The van der Waals surface area contributed by atoms with Crippen molar-refractivity contribution in [1.82, 2.24) is 5.32 Å². The Bertz CT molecular complexity index is 738. The third-order valence-electron chi connectivity index (χ3n) is 3.66. The van der Waals surface area contributed by atoms with Gasteiger partial charge >= 0.3 is 0 Å². The minimum atomic E-state index is -0.309. The zero-order valence-corrected chi connectivity index (χ0v) is 11.7. The van der Waals surface area contributed by atoms with Crippen molar-refractivity contribution in [1.29, 1.82) is 0 Å². The monoisotopic (exact) mass is 301 g/mol. The number of amides is 1. The highest BCUT2D eigenvalue weighted by Gasteiger charge is 2.33. The summed E-state index contributed by atoms with van der Waals surface area (Å²) in [7, 11) is 0. The Morgan fingerprint density at radius 2 is 2.10 bits per heavy atom. The standard InChI is InChI=1S/C15H11NO4S/c17-11-6-10(16-15(18)14-2-1-3-21-14)8-4-12-13(5-9(8)11)20-7-19-12/h1-5,10H,6-7H2,(H,16,18)/t10-/m0/s1. The van der Waals surface area contributed by atoms with Gasteiger partial charge in [-0.25, -0.2) is 0 Å². The normalized spacial score (nSPS) is 18.7. The van der Waals surface area contributed by atoms with Gasteiger partial charge < -0.3 is 14.8 Å². The topological polar surface area (TPSA) is 64.6 Å². The molecule has 1 aliphatic carbocycles.